The fourth-order valence-electron chi connectivity index (χ4n) is 2.75. The van der Waals surface area contributed by atoms with Crippen LogP contribution in [-0.4, -0.2) is 13.4 Å². The van der Waals surface area contributed by atoms with Gasteiger partial charge in [-0.3, -0.25) is 0 Å². The van der Waals surface area contributed by atoms with Gasteiger partial charge < -0.3 is 0 Å². The van der Waals surface area contributed by atoms with Crippen LogP contribution in [0, 0.1) is 11.9 Å². The SMILES string of the molecule is CCC1C=C(c2ccc(S(N)(=O)=O)cc2)C(c2ccc(F)nc2)=C1. The Labute approximate surface area is 140 Å². The van der Waals surface area contributed by atoms with E-state index >= 15 is 0 Å². The van der Waals surface area contributed by atoms with Crippen molar-refractivity contribution in [3.05, 3.63) is 71.8 Å². The van der Waals surface area contributed by atoms with Gasteiger partial charge in [0.1, 0.15) is 0 Å². The molecule has 24 heavy (non-hydrogen) atoms. The van der Waals surface area contributed by atoms with E-state index in [9.17, 15) is 12.8 Å². The second kappa shape index (κ2) is 6.30. The van der Waals surface area contributed by atoms with Gasteiger partial charge in [-0.2, -0.15) is 4.39 Å². The molecule has 1 aliphatic carbocycles. The molecule has 0 fully saturated rings. The van der Waals surface area contributed by atoms with E-state index in [2.05, 4.69) is 24.1 Å². The van der Waals surface area contributed by atoms with E-state index in [1.165, 1.54) is 24.4 Å². The molecule has 0 bridgehead atoms. The summed E-state index contributed by atoms with van der Waals surface area (Å²) in [5.74, 6) is -0.245. The van der Waals surface area contributed by atoms with E-state index < -0.39 is 16.0 Å². The van der Waals surface area contributed by atoms with Crippen LogP contribution < -0.4 is 5.14 Å². The molecule has 2 aromatic rings. The van der Waals surface area contributed by atoms with Crippen molar-refractivity contribution in [2.45, 2.75) is 18.2 Å². The number of nitrogens with two attached hydrogens (primary N) is 1. The van der Waals surface area contributed by atoms with Crippen LogP contribution >= 0.6 is 0 Å². The maximum atomic E-state index is 13.1. The summed E-state index contributed by atoms with van der Waals surface area (Å²) in [5.41, 5.74) is 3.66. The Bertz CT molecular complexity index is 914. The van der Waals surface area contributed by atoms with Crippen LogP contribution in [0.5, 0.6) is 0 Å². The predicted molar refractivity (Wildman–Crippen MR) is 91.7 cm³/mol. The summed E-state index contributed by atoms with van der Waals surface area (Å²) in [7, 11) is -3.71. The predicted octanol–water partition coefficient (Wildman–Crippen LogP) is 3.37. The highest BCUT2D eigenvalue weighted by molar-refractivity contribution is 7.89. The Balaban J connectivity index is 2.01. The molecular formula is C18H17FN2O2S. The van der Waals surface area contributed by atoms with Crippen LogP contribution in [0.1, 0.15) is 24.5 Å². The number of pyridine rings is 1. The number of halogens is 1. The molecule has 0 radical (unpaired) electrons. The molecule has 1 aromatic carbocycles. The van der Waals surface area contributed by atoms with Gasteiger partial charge in [0.15, 0.2) is 0 Å². The number of primary sulfonamides is 1. The van der Waals surface area contributed by atoms with Crippen LogP contribution in [0.25, 0.3) is 11.1 Å². The topological polar surface area (TPSA) is 73.1 Å². The monoisotopic (exact) mass is 344 g/mol. The molecule has 0 amide bonds. The lowest BCUT2D eigenvalue weighted by Crippen LogP contribution is -2.11. The first kappa shape index (κ1) is 16.5. The van der Waals surface area contributed by atoms with Crippen molar-refractivity contribution in [3.8, 4) is 0 Å². The zero-order valence-corrected chi connectivity index (χ0v) is 13.9. The molecule has 1 aliphatic rings. The standard InChI is InChI=1S/C18H17FN2O2S/c1-2-12-9-16(13-3-6-15(7-4-13)24(20,22)23)17(10-12)14-5-8-18(19)21-11-14/h3-12H,2H2,1H3,(H2,20,22,23). The zero-order valence-electron chi connectivity index (χ0n) is 13.1. The molecular weight excluding hydrogens is 327 g/mol. The number of rotatable bonds is 4. The van der Waals surface area contributed by atoms with Crippen molar-refractivity contribution in [2.75, 3.05) is 0 Å². The van der Waals surface area contributed by atoms with Crippen LogP contribution in [0.2, 0.25) is 0 Å². The van der Waals surface area contributed by atoms with E-state index in [-0.39, 0.29) is 10.8 Å². The summed E-state index contributed by atoms with van der Waals surface area (Å²) < 4.78 is 35.9. The minimum Gasteiger partial charge on any atom is -0.228 e. The number of benzene rings is 1. The molecule has 124 valence electrons. The van der Waals surface area contributed by atoms with Gasteiger partial charge in [0.05, 0.1) is 4.90 Å². The highest BCUT2D eigenvalue weighted by Gasteiger charge is 2.20. The van der Waals surface area contributed by atoms with Gasteiger partial charge in [-0.1, -0.05) is 31.2 Å². The van der Waals surface area contributed by atoms with Gasteiger partial charge in [-0.25, -0.2) is 18.5 Å². The van der Waals surface area contributed by atoms with E-state index in [1.807, 2.05) is 0 Å². The Morgan fingerprint density at radius 1 is 1.04 bits per heavy atom. The van der Waals surface area contributed by atoms with E-state index in [4.69, 9.17) is 5.14 Å². The third-order valence-corrected chi connectivity index (χ3v) is 4.98. The molecule has 0 saturated carbocycles. The minimum absolute atomic E-state index is 0.0749. The average Bonchev–Trinajstić information content (AvgIpc) is 2.99. The molecule has 4 nitrogen and oxygen atoms in total. The molecule has 0 aliphatic heterocycles. The van der Waals surface area contributed by atoms with Gasteiger partial charge in [-0.05, 0) is 53.3 Å². The number of aromatic nitrogens is 1. The number of hydrogen-bond acceptors (Lipinski definition) is 3. The van der Waals surface area contributed by atoms with Crippen LogP contribution in [0.3, 0.4) is 0 Å². The van der Waals surface area contributed by atoms with E-state index in [1.54, 1.807) is 18.2 Å². The molecule has 6 heteroatoms. The molecule has 2 N–H and O–H groups in total. The maximum absolute atomic E-state index is 13.1. The zero-order chi connectivity index (χ0) is 17.3. The second-order valence-corrected chi connectivity index (χ2v) is 7.23. The Morgan fingerprint density at radius 3 is 2.12 bits per heavy atom. The molecule has 1 atom stereocenters. The lowest BCUT2D eigenvalue weighted by Gasteiger charge is -2.10. The van der Waals surface area contributed by atoms with Crippen molar-refractivity contribution < 1.29 is 12.8 Å². The lowest BCUT2D eigenvalue weighted by atomic mass is 9.96. The van der Waals surface area contributed by atoms with Crippen LogP contribution in [0.15, 0.2) is 59.6 Å². The fraction of sp³-hybridized carbons (Fsp3) is 0.167. The third kappa shape index (κ3) is 3.29. The molecule has 0 spiro atoms. The van der Waals surface area contributed by atoms with Gasteiger partial charge >= 0.3 is 0 Å². The summed E-state index contributed by atoms with van der Waals surface area (Å²) >= 11 is 0. The number of allylic oxidation sites excluding steroid dienone is 4. The quantitative estimate of drug-likeness (QED) is 0.864. The number of nitrogens with zero attached hydrogens (tertiary/aromatic N) is 1. The first-order valence-electron chi connectivity index (χ1n) is 7.57. The molecule has 1 heterocycles. The molecule has 1 unspecified atom stereocenters. The third-order valence-electron chi connectivity index (χ3n) is 4.06. The molecule has 0 saturated heterocycles. The average molecular weight is 344 g/mol. The van der Waals surface area contributed by atoms with Crippen LogP contribution in [0.4, 0.5) is 4.39 Å². The number of sulfonamides is 1. The van der Waals surface area contributed by atoms with Crippen molar-refractivity contribution in [1.29, 1.82) is 0 Å². The second-order valence-electron chi connectivity index (χ2n) is 5.67. The normalized spacial score (nSPS) is 17.5. The first-order chi connectivity index (χ1) is 11.4. The van der Waals surface area contributed by atoms with Gasteiger partial charge in [-0.15, -0.1) is 0 Å². The highest BCUT2D eigenvalue weighted by atomic mass is 32.2. The van der Waals surface area contributed by atoms with E-state index in [0.717, 1.165) is 28.7 Å². The highest BCUT2D eigenvalue weighted by Crippen LogP contribution is 2.39. The number of hydrogen-bond donors (Lipinski definition) is 1. The fourth-order valence-corrected chi connectivity index (χ4v) is 3.27. The molecule has 1 aromatic heterocycles. The summed E-state index contributed by atoms with van der Waals surface area (Å²) in [6, 6.07) is 9.47. The summed E-state index contributed by atoms with van der Waals surface area (Å²) in [4.78, 5) is 3.79. The first-order valence-corrected chi connectivity index (χ1v) is 9.12. The van der Waals surface area contributed by atoms with Crippen LogP contribution in [-0.2, 0) is 10.0 Å². The summed E-state index contributed by atoms with van der Waals surface area (Å²) in [5, 5.41) is 5.14. The van der Waals surface area contributed by atoms with Crippen molar-refractivity contribution >= 4 is 21.2 Å². The Morgan fingerprint density at radius 2 is 1.62 bits per heavy atom. The minimum atomic E-state index is -3.71. The Hall–Kier alpha value is -2.31. The van der Waals surface area contributed by atoms with Crippen molar-refractivity contribution in [2.24, 2.45) is 11.1 Å². The summed E-state index contributed by atoms with van der Waals surface area (Å²) in [6.45, 7) is 2.09. The molecule has 3 rings (SSSR count). The van der Waals surface area contributed by atoms with Gasteiger partial charge in [0.2, 0.25) is 16.0 Å². The Kier molecular flexibility index (Phi) is 4.34. The van der Waals surface area contributed by atoms with Gasteiger partial charge in [0.25, 0.3) is 0 Å². The van der Waals surface area contributed by atoms with Crippen molar-refractivity contribution in [1.82, 2.24) is 4.98 Å². The maximum Gasteiger partial charge on any atom is 0.238 e. The van der Waals surface area contributed by atoms with E-state index in [0.29, 0.717) is 0 Å². The largest absolute Gasteiger partial charge is 0.238 e. The smallest absolute Gasteiger partial charge is 0.228 e. The van der Waals surface area contributed by atoms with Crippen molar-refractivity contribution in [3.63, 3.8) is 0 Å². The van der Waals surface area contributed by atoms with Gasteiger partial charge in [0, 0.05) is 11.8 Å². The lowest BCUT2D eigenvalue weighted by molar-refractivity contribution is 0.583. The summed E-state index contributed by atoms with van der Waals surface area (Å²) in [6.07, 6.45) is 6.70.